The van der Waals surface area contributed by atoms with Crippen LogP contribution in [0.2, 0.25) is 5.15 Å². The van der Waals surface area contributed by atoms with Crippen LogP contribution in [0.15, 0.2) is 24.3 Å². The monoisotopic (exact) mass is 317 g/mol. The third-order valence-electron chi connectivity index (χ3n) is 3.41. The Morgan fingerprint density at radius 3 is 2.33 bits per heavy atom. The zero-order chi connectivity index (χ0) is 15.1. The molecule has 0 bridgehead atoms. The lowest BCUT2D eigenvalue weighted by atomic mass is 10.0. The molecule has 0 radical (unpaired) electrons. The molecule has 1 aromatic carbocycles. The van der Waals surface area contributed by atoms with Crippen molar-refractivity contribution < 1.29 is 0 Å². The van der Waals surface area contributed by atoms with Gasteiger partial charge in [0.2, 0.25) is 5.95 Å². The number of aryl methyl sites for hydroxylation is 2. The number of hydrogen-bond acceptors (Lipinski definition) is 4. The Bertz CT molecular complexity index is 806. The number of rotatable bonds is 2. The molecule has 0 amide bonds. The minimum absolute atomic E-state index is 0.517. The minimum atomic E-state index is 0.517. The van der Waals surface area contributed by atoms with Crippen LogP contribution >= 0.6 is 22.9 Å². The van der Waals surface area contributed by atoms with Crippen LogP contribution in [0.4, 0.5) is 5.95 Å². The van der Waals surface area contributed by atoms with Gasteiger partial charge >= 0.3 is 0 Å². The van der Waals surface area contributed by atoms with Crippen LogP contribution in [0.25, 0.3) is 21.3 Å². The zero-order valence-electron chi connectivity index (χ0n) is 12.4. The summed E-state index contributed by atoms with van der Waals surface area (Å²) in [7, 11) is 3.83. The van der Waals surface area contributed by atoms with Crippen molar-refractivity contribution in [1.29, 1.82) is 0 Å². The fourth-order valence-electron chi connectivity index (χ4n) is 2.33. The quantitative estimate of drug-likeness (QED) is 0.642. The predicted octanol–water partition coefficient (Wildman–Crippen LogP) is 4.69. The summed E-state index contributed by atoms with van der Waals surface area (Å²) in [5, 5.41) is 1.47. The number of anilines is 1. The molecule has 0 saturated carbocycles. The summed E-state index contributed by atoms with van der Waals surface area (Å²) in [5.41, 5.74) is 3.55. The first kappa shape index (κ1) is 14.3. The van der Waals surface area contributed by atoms with Crippen LogP contribution in [-0.4, -0.2) is 24.1 Å². The van der Waals surface area contributed by atoms with E-state index in [1.54, 1.807) is 11.3 Å². The van der Waals surface area contributed by atoms with E-state index >= 15 is 0 Å². The molecule has 108 valence electrons. The summed E-state index contributed by atoms with van der Waals surface area (Å²) >= 11 is 8.10. The maximum absolute atomic E-state index is 6.43. The second kappa shape index (κ2) is 5.28. The smallest absolute Gasteiger partial charge is 0.227 e. The van der Waals surface area contributed by atoms with Crippen molar-refractivity contribution in [3.8, 4) is 11.1 Å². The highest BCUT2D eigenvalue weighted by molar-refractivity contribution is 7.19. The molecule has 0 aliphatic rings. The van der Waals surface area contributed by atoms with Crippen LogP contribution in [0.5, 0.6) is 0 Å². The Labute approximate surface area is 133 Å². The molecule has 2 heterocycles. The average molecular weight is 318 g/mol. The molecule has 0 unspecified atom stereocenters. The molecular formula is C16H16ClN3S. The second-order valence-electron chi connectivity index (χ2n) is 5.29. The number of aromatic nitrogens is 2. The minimum Gasteiger partial charge on any atom is -0.347 e. The first-order valence-corrected chi connectivity index (χ1v) is 7.88. The molecule has 0 N–H and O–H groups in total. The zero-order valence-corrected chi connectivity index (χ0v) is 14.0. The van der Waals surface area contributed by atoms with Gasteiger partial charge in [-0.15, -0.1) is 11.3 Å². The van der Waals surface area contributed by atoms with E-state index in [2.05, 4.69) is 48.1 Å². The van der Waals surface area contributed by atoms with Gasteiger partial charge in [-0.05, 0) is 19.4 Å². The van der Waals surface area contributed by atoms with Gasteiger partial charge in [0, 0.05) is 24.5 Å². The summed E-state index contributed by atoms with van der Waals surface area (Å²) in [5.74, 6) is 0.643. The fraction of sp³-hybridized carbons (Fsp3) is 0.250. The van der Waals surface area contributed by atoms with Crippen molar-refractivity contribution in [3.63, 3.8) is 0 Å². The van der Waals surface area contributed by atoms with Gasteiger partial charge in [0.25, 0.3) is 0 Å². The number of benzene rings is 1. The average Bonchev–Trinajstić information content (AvgIpc) is 2.76. The lowest BCUT2D eigenvalue weighted by Gasteiger charge is -2.10. The molecule has 0 saturated heterocycles. The first-order valence-electron chi connectivity index (χ1n) is 6.68. The molecule has 0 aliphatic heterocycles. The van der Waals surface area contributed by atoms with Gasteiger partial charge < -0.3 is 4.90 Å². The number of thiophene rings is 1. The Hall–Kier alpha value is -1.65. The molecule has 5 heteroatoms. The SMILES string of the molecule is Cc1ccc(-c2c(C)sc3nc(N(C)C)nc(Cl)c23)cc1. The normalized spacial score (nSPS) is 11.1. The van der Waals surface area contributed by atoms with E-state index in [0.29, 0.717) is 11.1 Å². The topological polar surface area (TPSA) is 29.0 Å². The van der Waals surface area contributed by atoms with E-state index in [4.69, 9.17) is 11.6 Å². The summed E-state index contributed by atoms with van der Waals surface area (Å²) in [6.45, 7) is 4.19. The summed E-state index contributed by atoms with van der Waals surface area (Å²) in [4.78, 5) is 13.0. The van der Waals surface area contributed by atoms with Crippen LogP contribution in [0.3, 0.4) is 0 Å². The van der Waals surface area contributed by atoms with Crippen molar-refractivity contribution in [3.05, 3.63) is 39.9 Å². The maximum Gasteiger partial charge on any atom is 0.227 e. The largest absolute Gasteiger partial charge is 0.347 e. The van der Waals surface area contributed by atoms with E-state index in [1.165, 1.54) is 10.4 Å². The van der Waals surface area contributed by atoms with E-state index < -0.39 is 0 Å². The van der Waals surface area contributed by atoms with Gasteiger partial charge in [0.1, 0.15) is 9.98 Å². The van der Waals surface area contributed by atoms with Gasteiger partial charge in [-0.25, -0.2) is 9.97 Å². The van der Waals surface area contributed by atoms with Crippen molar-refractivity contribution in [2.24, 2.45) is 0 Å². The lowest BCUT2D eigenvalue weighted by Crippen LogP contribution is -2.12. The highest BCUT2D eigenvalue weighted by atomic mass is 35.5. The standard InChI is InChI=1S/C16H16ClN3S/c1-9-5-7-11(8-6-9)12-10(2)21-15-13(12)14(17)18-16(19-15)20(3)4/h5-8H,1-4H3. The van der Waals surface area contributed by atoms with E-state index in [0.717, 1.165) is 21.3 Å². The Kier molecular flexibility index (Phi) is 3.59. The Morgan fingerprint density at radius 2 is 1.71 bits per heavy atom. The summed E-state index contributed by atoms with van der Waals surface area (Å²) in [6, 6.07) is 8.47. The van der Waals surface area contributed by atoms with Gasteiger partial charge in [-0.3, -0.25) is 0 Å². The molecule has 0 fully saturated rings. The number of nitrogens with zero attached hydrogens (tertiary/aromatic N) is 3. The third-order valence-corrected chi connectivity index (χ3v) is 4.68. The van der Waals surface area contributed by atoms with E-state index in [1.807, 2.05) is 19.0 Å². The van der Waals surface area contributed by atoms with Crippen molar-refractivity contribution >= 4 is 39.1 Å². The molecule has 0 aliphatic carbocycles. The van der Waals surface area contributed by atoms with E-state index in [-0.39, 0.29) is 0 Å². The van der Waals surface area contributed by atoms with Crippen molar-refractivity contribution in [2.45, 2.75) is 13.8 Å². The van der Waals surface area contributed by atoms with Gasteiger partial charge in [-0.2, -0.15) is 0 Å². The Morgan fingerprint density at radius 1 is 1.05 bits per heavy atom. The summed E-state index contributed by atoms with van der Waals surface area (Å²) in [6.07, 6.45) is 0. The van der Waals surface area contributed by atoms with Crippen LogP contribution in [-0.2, 0) is 0 Å². The van der Waals surface area contributed by atoms with Crippen LogP contribution in [0.1, 0.15) is 10.4 Å². The Balaban J connectivity index is 2.28. The van der Waals surface area contributed by atoms with Crippen LogP contribution < -0.4 is 4.90 Å². The first-order chi connectivity index (χ1) is 9.97. The number of hydrogen-bond donors (Lipinski definition) is 0. The maximum atomic E-state index is 6.43. The molecular weight excluding hydrogens is 302 g/mol. The molecule has 3 rings (SSSR count). The fourth-order valence-corrected chi connectivity index (χ4v) is 3.68. The highest BCUT2D eigenvalue weighted by Crippen LogP contribution is 2.41. The number of halogens is 1. The van der Waals surface area contributed by atoms with Gasteiger partial charge in [0.15, 0.2) is 0 Å². The lowest BCUT2D eigenvalue weighted by molar-refractivity contribution is 1.02. The molecule has 21 heavy (non-hydrogen) atoms. The van der Waals surface area contributed by atoms with Gasteiger partial charge in [-0.1, -0.05) is 41.4 Å². The molecule has 0 atom stereocenters. The van der Waals surface area contributed by atoms with Crippen LogP contribution in [0, 0.1) is 13.8 Å². The second-order valence-corrected chi connectivity index (χ2v) is 6.85. The third kappa shape index (κ3) is 2.49. The molecule has 3 nitrogen and oxygen atoms in total. The van der Waals surface area contributed by atoms with Crippen molar-refractivity contribution in [2.75, 3.05) is 19.0 Å². The molecule has 2 aromatic heterocycles. The van der Waals surface area contributed by atoms with E-state index in [9.17, 15) is 0 Å². The van der Waals surface area contributed by atoms with Crippen molar-refractivity contribution in [1.82, 2.24) is 9.97 Å². The van der Waals surface area contributed by atoms with Gasteiger partial charge in [0.05, 0.1) is 5.39 Å². The summed E-state index contributed by atoms with van der Waals surface area (Å²) < 4.78 is 0. The number of fused-ring (bicyclic) bond motifs is 1. The molecule has 3 aromatic rings. The molecule has 0 spiro atoms. The highest BCUT2D eigenvalue weighted by Gasteiger charge is 2.17. The predicted molar refractivity (Wildman–Crippen MR) is 91.7 cm³/mol.